The fourth-order valence-electron chi connectivity index (χ4n) is 2.36. The second kappa shape index (κ2) is 5.61. The van der Waals surface area contributed by atoms with Gasteiger partial charge in [-0.25, -0.2) is 0 Å². The van der Waals surface area contributed by atoms with E-state index in [1.807, 2.05) is 0 Å². The molecule has 0 bridgehead atoms. The number of likely N-dealkylation sites (N-methyl/N-ethyl adjacent to an activating group) is 1. The van der Waals surface area contributed by atoms with E-state index >= 15 is 0 Å². The van der Waals surface area contributed by atoms with Crippen LogP contribution in [-0.4, -0.2) is 25.8 Å². The standard InChI is InChI=1S/C11H23NO/c1-4-6-9(2)11(12-3)10-7-5-8-13-10/h9-12H,4-8H2,1-3H3. The third-order valence-electron chi connectivity index (χ3n) is 3.06. The van der Waals surface area contributed by atoms with Crippen molar-refractivity contribution in [3.8, 4) is 0 Å². The van der Waals surface area contributed by atoms with E-state index in [1.165, 1.54) is 25.7 Å². The summed E-state index contributed by atoms with van der Waals surface area (Å²) in [6, 6.07) is 0.558. The Labute approximate surface area is 82.0 Å². The molecule has 78 valence electrons. The molecule has 0 saturated carbocycles. The molecule has 3 unspecified atom stereocenters. The van der Waals surface area contributed by atoms with Crippen molar-refractivity contribution in [1.29, 1.82) is 0 Å². The maximum Gasteiger partial charge on any atom is 0.0731 e. The van der Waals surface area contributed by atoms with E-state index in [-0.39, 0.29) is 0 Å². The molecule has 0 amide bonds. The summed E-state index contributed by atoms with van der Waals surface area (Å²) in [5, 5.41) is 3.40. The Bertz CT molecular complexity index is 132. The van der Waals surface area contributed by atoms with Gasteiger partial charge in [-0.05, 0) is 32.2 Å². The van der Waals surface area contributed by atoms with Crippen LogP contribution in [0.1, 0.15) is 39.5 Å². The van der Waals surface area contributed by atoms with Crippen LogP contribution in [0.25, 0.3) is 0 Å². The molecule has 1 heterocycles. The van der Waals surface area contributed by atoms with Gasteiger partial charge in [0, 0.05) is 12.6 Å². The molecule has 1 fully saturated rings. The zero-order chi connectivity index (χ0) is 9.68. The van der Waals surface area contributed by atoms with Gasteiger partial charge in [0.1, 0.15) is 0 Å². The Kier molecular flexibility index (Phi) is 4.74. The lowest BCUT2D eigenvalue weighted by atomic mass is 9.91. The zero-order valence-corrected chi connectivity index (χ0v) is 9.18. The Balaban J connectivity index is 2.39. The van der Waals surface area contributed by atoms with E-state index in [1.54, 1.807) is 0 Å². The highest BCUT2D eigenvalue weighted by atomic mass is 16.5. The monoisotopic (exact) mass is 185 g/mol. The molecule has 3 atom stereocenters. The van der Waals surface area contributed by atoms with Crippen molar-refractivity contribution in [2.24, 2.45) is 5.92 Å². The fourth-order valence-corrected chi connectivity index (χ4v) is 2.36. The van der Waals surface area contributed by atoms with Gasteiger partial charge in [0.2, 0.25) is 0 Å². The lowest BCUT2D eigenvalue weighted by molar-refractivity contribution is 0.0617. The number of ether oxygens (including phenoxy) is 1. The molecule has 13 heavy (non-hydrogen) atoms. The van der Waals surface area contributed by atoms with Crippen molar-refractivity contribution in [2.45, 2.75) is 51.7 Å². The molecule has 1 rings (SSSR count). The minimum absolute atomic E-state index is 0.464. The number of hydrogen-bond acceptors (Lipinski definition) is 2. The van der Waals surface area contributed by atoms with Gasteiger partial charge < -0.3 is 10.1 Å². The van der Waals surface area contributed by atoms with Crippen molar-refractivity contribution in [1.82, 2.24) is 5.32 Å². The molecule has 0 aromatic rings. The normalized spacial score (nSPS) is 27.5. The summed E-state index contributed by atoms with van der Waals surface area (Å²) in [6.45, 7) is 5.53. The maximum atomic E-state index is 5.71. The van der Waals surface area contributed by atoms with E-state index in [2.05, 4.69) is 26.2 Å². The first-order valence-electron chi connectivity index (χ1n) is 5.58. The number of hydrogen-bond donors (Lipinski definition) is 1. The van der Waals surface area contributed by atoms with Gasteiger partial charge in [-0.15, -0.1) is 0 Å². The molecule has 0 aromatic carbocycles. The first-order valence-corrected chi connectivity index (χ1v) is 5.58. The van der Waals surface area contributed by atoms with Crippen molar-refractivity contribution >= 4 is 0 Å². The van der Waals surface area contributed by atoms with E-state index in [9.17, 15) is 0 Å². The van der Waals surface area contributed by atoms with Gasteiger partial charge >= 0.3 is 0 Å². The predicted octanol–water partition coefficient (Wildman–Crippen LogP) is 2.19. The minimum atomic E-state index is 0.464. The van der Waals surface area contributed by atoms with E-state index < -0.39 is 0 Å². The van der Waals surface area contributed by atoms with Gasteiger partial charge in [0.05, 0.1) is 6.10 Å². The third kappa shape index (κ3) is 2.96. The lowest BCUT2D eigenvalue weighted by Gasteiger charge is -2.28. The summed E-state index contributed by atoms with van der Waals surface area (Å²) in [5.41, 5.74) is 0. The fraction of sp³-hybridized carbons (Fsp3) is 1.00. The quantitative estimate of drug-likeness (QED) is 0.709. The average Bonchev–Trinajstić information content (AvgIpc) is 2.59. The second-order valence-corrected chi connectivity index (χ2v) is 4.13. The second-order valence-electron chi connectivity index (χ2n) is 4.13. The van der Waals surface area contributed by atoms with Gasteiger partial charge in [-0.1, -0.05) is 20.3 Å². The summed E-state index contributed by atoms with van der Waals surface area (Å²) in [4.78, 5) is 0. The third-order valence-corrected chi connectivity index (χ3v) is 3.06. The molecule has 1 aliphatic heterocycles. The minimum Gasteiger partial charge on any atom is -0.377 e. The molecule has 1 aliphatic rings. The van der Waals surface area contributed by atoms with Crippen LogP contribution in [0.4, 0.5) is 0 Å². The van der Waals surface area contributed by atoms with Gasteiger partial charge in [0.25, 0.3) is 0 Å². The molecule has 0 spiro atoms. The van der Waals surface area contributed by atoms with Crippen LogP contribution in [0, 0.1) is 5.92 Å². The molecule has 0 aliphatic carbocycles. The number of nitrogens with one attached hydrogen (secondary N) is 1. The summed E-state index contributed by atoms with van der Waals surface area (Å²) in [7, 11) is 2.05. The molecule has 0 aromatic heterocycles. The van der Waals surface area contributed by atoms with Crippen LogP contribution in [0.15, 0.2) is 0 Å². The zero-order valence-electron chi connectivity index (χ0n) is 9.18. The molecule has 1 saturated heterocycles. The highest BCUT2D eigenvalue weighted by Crippen LogP contribution is 2.22. The highest BCUT2D eigenvalue weighted by Gasteiger charge is 2.28. The van der Waals surface area contributed by atoms with Crippen LogP contribution < -0.4 is 5.32 Å². The summed E-state index contributed by atoms with van der Waals surface area (Å²) in [6.07, 6.45) is 5.50. The van der Waals surface area contributed by atoms with Crippen molar-refractivity contribution in [2.75, 3.05) is 13.7 Å². The first kappa shape index (κ1) is 11.0. The SMILES string of the molecule is CCCC(C)C(NC)C1CCCO1. The first-order chi connectivity index (χ1) is 6.29. The van der Waals surface area contributed by atoms with E-state index in [0.717, 1.165) is 12.5 Å². The van der Waals surface area contributed by atoms with Crippen LogP contribution in [-0.2, 0) is 4.74 Å². The molecular weight excluding hydrogens is 162 g/mol. The predicted molar refractivity (Wildman–Crippen MR) is 55.9 cm³/mol. The van der Waals surface area contributed by atoms with Crippen LogP contribution in [0.5, 0.6) is 0 Å². The molecule has 1 N–H and O–H groups in total. The van der Waals surface area contributed by atoms with Crippen molar-refractivity contribution < 1.29 is 4.74 Å². The Morgan fingerprint density at radius 3 is 2.77 bits per heavy atom. The van der Waals surface area contributed by atoms with Gasteiger partial charge in [-0.3, -0.25) is 0 Å². The van der Waals surface area contributed by atoms with Gasteiger partial charge in [-0.2, -0.15) is 0 Å². The molecular formula is C11H23NO. The van der Waals surface area contributed by atoms with Crippen LogP contribution in [0.3, 0.4) is 0 Å². The molecule has 2 heteroatoms. The summed E-state index contributed by atoms with van der Waals surface area (Å²) < 4.78 is 5.71. The topological polar surface area (TPSA) is 21.3 Å². The van der Waals surface area contributed by atoms with Crippen LogP contribution in [0.2, 0.25) is 0 Å². The van der Waals surface area contributed by atoms with E-state index in [0.29, 0.717) is 12.1 Å². The molecule has 0 radical (unpaired) electrons. The van der Waals surface area contributed by atoms with Crippen molar-refractivity contribution in [3.05, 3.63) is 0 Å². The highest BCUT2D eigenvalue weighted by molar-refractivity contribution is 4.83. The van der Waals surface area contributed by atoms with Crippen molar-refractivity contribution in [3.63, 3.8) is 0 Å². The Hall–Kier alpha value is -0.0800. The lowest BCUT2D eigenvalue weighted by Crippen LogP contribution is -2.42. The summed E-state index contributed by atoms with van der Waals surface area (Å²) >= 11 is 0. The smallest absolute Gasteiger partial charge is 0.0731 e. The Morgan fingerprint density at radius 1 is 1.54 bits per heavy atom. The van der Waals surface area contributed by atoms with Crippen LogP contribution >= 0.6 is 0 Å². The Morgan fingerprint density at radius 2 is 2.31 bits per heavy atom. The largest absolute Gasteiger partial charge is 0.377 e. The maximum absolute atomic E-state index is 5.71. The number of rotatable bonds is 5. The summed E-state index contributed by atoms with van der Waals surface area (Å²) in [5.74, 6) is 0.734. The molecule has 2 nitrogen and oxygen atoms in total. The average molecular weight is 185 g/mol. The van der Waals surface area contributed by atoms with Gasteiger partial charge in [0.15, 0.2) is 0 Å². The van der Waals surface area contributed by atoms with E-state index in [4.69, 9.17) is 4.74 Å².